The summed E-state index contributed by atoms with van der Waals surface area (Å²) in [4.78, 5) is 0.250. The van der Waals surface area contributed by atoms with Crippen LogP contribution in [-0.4, -0.2) is 6.61 Å². The summed E-state index contributed by atoms with van der Waals surface area (Å²) in [5.41, 5.74) is 5.69. The summed E-state index contributed by atoms with van der Waals surface area (Å²) in [5.74, 6) is 0.936. The number of halogens is 1. The first-order valence-corrected chi connectivity index (χ1v) is 8.68. The number of alkyl halides is 1. The fraction of sp³-hybridized carbons (Fsp3) is 0.368. The number of hydrogen-bond donors (Lipinski definition) is 0. The Morgan fingerprint density at radius 3 is 2.33 bits per heavy atom. The van der Waals surface area contributed by atoms with Crippen LogP contribution in [0, 0.1) is 0 Å². The van der Waals surface area contributed by atoms with Crippen LogP contribution in [0.1, 0.15) is 46.8 Å². The fourth-order valence-corrected chi connectivity index (χ4v) is 3.59. The quantitative estimate of drug-likeness (QED) is 0.670. The molecule has 0 radical (unpaired) electrons. The molecule has 2 aromatic rings. The van der Waals surface area contributed by atoms with Gasteiger partial charge in [0.05, 0.1) is 11.4 Å². The molecule has 0 heterocycles. The molecule has 0 saturated heterocycles. The highest BCUT2D eigenvalue weighted by atomic mass is 79.9. The monoisotopic (exact) mass is 344 g/mol. The van der Waals surface area contributed by atoms with Crippen molar-refractivity contribution in [1.82, 2.24) is 0 Å². The lowest BCUT2D eigenvalue weighted by Crippen LogP contribution is -2.04. The third-order valence-electron chi connectivity index (χ3n) is 4.15. The number of aryl methyl sites for hydroxylation is 2. The van der Waals surface area contributed by atoms with Crippen LogP contribution in [-0.2, 0) is 12.8 Å². The van der Waals surface area contributed by atoms with E-state index in [-0.39, 0.29) is 4.83 Å². The average molecular weight is 345 g/mol. The molecular weight excluding hydrogens is 324 g/mol. The van der Waals surface area contributed by atoms with Gasteiger partial charge in [0.25, 0.3) is 0 Å². The van der Waals surface area contributed by atoms with E-state index in [0.29, 0.717) is 6.61 Å². The first-order valence-electron chi connectivity index (χ1n) is 7.76. The minimum Gasteiger partial charge on any atom is -0.494 e. The number of benzene rings is 2. The summed E-state index contributed by atoms with van der Waals surface area (Å²) in [7, 11) is 0. The van der Waals surface area contributed by atoms with Gasteiger partial charge in [-0.05, 0) is 67.0 Å². The fourth-order valence-electron chi connectivity index (χ4n) is 3.00. The second kappa shape index (κ2) is 6.65. The Morgan fingerprint density at radius 1 is 0.952 bits per heavy atom. The van der Waals surface area contributed by atoms with E-state index in [2.05, 4.69) is 46.3 Å². The summed E-state index contributed by atoms with van der Waals surface area (Å²) in [6.45, 7) is 2.72. The van der Waals surface area contributed by atoms with Crippen molar-refractivity contribution in [1.29, 1.82) is 0 Å². The zero-order valence-corrected chi connectivity index (χ0v) is 14.0. The predicted molar refractivity (Wildman–Crippen MR) is 91.5 cm³/mol. The molecule has 0 aromatic heterocycles. The molecule has 0 aliphatic heterocycles. The molecule has 0 saturated carbocycles. The molecule has 3 rings (SSSR count). The van der Waals surface area contributed by atoms with Crippen LogP contribution in [0.3, 0.4) is 0 Å². The predicted octanol–water partition coefficient (Wildman–Crippen LogP) is 5.45. The first-order chi connectivity index (χ1) is 10.3. The topological polar surface area (TPSA) is 9.23 Å². The average Bonchev–Trinajstić information content (AvgIpc) is 2.55. The molecule has 0 N–H and O–H groups in total. The van der Waals surface area contributed by atoms with Gasteiger partial charge in [-0.25, -0.2) is 0 Å². The van der Waals surface area contributed by atoms with Crippen molar-refractivity contribution in [3.63, 3.8) is 0 Å². The molecule has 1 aliphatic rings. The van der Waals surface area contributed by atoms with Gasteiger partial charge in [-0.3, -0.25) is 0 Å². The molecule has 110 valence electrons. The van der Waals surface area contributed by atoms with Gasteiger partial charge in [-0.2, -0.15) is 0 Å². The largest absolute Gasteiger partial charge is 0.494 e. The molecule has 1 unspecified atom stereocenters. The summed E-state index contributed by atoms with van der Waals surface area (Å²) in [5, 5.41) is 0. The van der Waals surface area contributed by atoms with Crippen molar-refractivity contribution in [2.45, 2.75) is 37.4 Å². The number of rotatable bonds is 4. The van der Waals surface area contributed by atoms with Crippen molar-refractivity contribution in [2.75, 3.05) is 6.61 Å². The highest BCUT2D eigenvalue weighted by Crippen LogP contribution is 2.34. The highest BCUT2D eigenvalue weighted by Gasteiger charge is 2.14. The van der Waals surface area contributed by atoms with Crippen LogP contribution < -0.4 is 4.74 Å². The molecule has 0 fully saturated rings. The number of fused-ring (bicyclic) bond motifs is 1. The van der Waals surface area contributed by atoms with Crippen molar-refractivity contribution in [3.05, 3.63) is 64.7 Å². The SMILES string of the molecule is CCOc1ccc(C(Br)c2ccc3c(c2)CCCC3)cc1. The van der Waals surface area contributed by atoms with Gasteiger partial charge >= 0.3 is 0 Å². The van der Waals surface area contributed by atoms with Gasteiger partial charge in [0, 0.05) is 0 Å². The van der Waals surface area contributed by atoms with Crippen LogP contribution >= 0.6 is 15.9 Å². The number of ether oxygens (including phenoxy) is 1. The van der Waals surface area contributed by atoms with E-state index < -0.39 is 0 Å². The van der Waals surface area contributed by atoms with Gasteiger partial charge in [0.2, 0.25) is 0 Å². The van der Waals surface area contributed by atoms with Crippen LogP contribution in [0.15, 0.2) is 42.5 Å². The van der Waals surface area contributed by atoms with E-state index >= 15 is 0 Å². The molecule has 0 spiro atoms. The Kier molecular flexibility index (Phi) is 4.64. The van der Waals surface area contributed by atoms with E-state index in [0.717, 1.165) is 5.75 Å². The molecule has 2 heteroatoms. The lowest BCUT2D eigenvalue weighted by Gasteiger charge is -2.19. The lowest BCUT2D eigenvalue weighted by molar-refractivity contribution is 0.340. The third-order valence-corrected chi connectivity index (χ3v) is 5.21. The minimum atomic E-state index is 0.250. The molecule has 0 amide bonds. The van der Waals surface area contributed by atoms with Gasteiger partial charge in [0.15, 0.2) is 0 Å². The van der Waals surface area contributed by atoms with Crippen molar-refractivity contribution in [3.8, 4) is 5.75 Å². The highest BCUT2D eigenvalue weighted by molar-refractivity contribution is 9.09. The summed E-state index contributed by atoms with van der Waals surface area (Å²) < 4.78 is 5.51. The smallest absolute Gasteiger partial charge is 0.119 e. The maximum absolute atomic E-state index is 5.51. The molecular formula is C19H21BrO. The third kappa shape index (κ3) is 3.32. The molecule has 2 aromatic carbocycles. The Bertz CT molecular complexity index is 603. The Hall–Kier alpha value is -1.28. The van der Waals surface area contributed by atoms with Gasteiger partial charge in [-0.1, -0.05) is 46.3 Å². The van der Waals surface area contributed by atoms with Crippen molar-refractivity contribution in [2.24, 2.45) is 0 Å². The Morgan fingerprint density at radius 2 is 1.62 bits per heavy atom. The zero-order chi connectivity index (χ0) is 14.7. The van der Waals surface area contributed by atoms with Gasteiger partial charge in [-0.15, -0.1) is 0 Å². The molecule has 1 aliphatic carbocycles. The minimum absolute atomic E-state index is 0.250. The van der Waals surface area contributed by atoms with Crippen LogP contribution in [0.4, 0.5) is 0 Å². The maximum atomic E-state index is 5.51. The summed E-state index contributed by atoms with van der Waals surface area (Å²) in [6.07, 6.45) is 5.13. The van der Waals surface area contributed by atoms with Gasteiger partial charge < -0.3 is 4.74 Å². The lowest BCUT2D eigenvalue weighted by atomic mass is 9.89. The van der Waals surface area contributed by atoms with Crippen LogP contribution in [0.25, 0.3) is 0 Å². The zero-order valence-electron chi connectivity index (χ0n) is 12.4. The van der Waals surface area contributed by atoms with E-state index in [1.807, 2.05) is 19.1 Å². The molecule has 1 nitrogen and oxygen atoms in total. The Labute approximate surface area is 135 Å². The van der Waals surface area contributed by atoms with E-state index in [1.54, 1.807) is 0 Å². The maximum Gasteiger partial charge on any atom is 0.119 e. The second-order valence-corrected chi connectivity index (χ2v) is 6.52. The van der Waals surface area contributed by atoms with Crippen molar-refractivity contribution >= 4 is 15.9 Å². The molecule has 0 bridgehead atoms. The van der Waals surface area contributed by atoms with E-state index in [9.17, 15) is 0 Å². The first kappa shape index (κ1) is 14.6. The van der Waals surface area contributed by atoms with E-state index in [1.165, 1.54) is 47.9 Å². The Balaban J connectivity index is 1.82. The summed E-state index contributed by atoms with van der Waals surface area (Å²) in [6, 6.07) is 15.3. The van der Waals surface area contributed by atoms with Gasteiger partial charge in [0.1, 0.15) is 5.75 Å². The van der Waals surface area contributed by atoms with Crippen molar-refractivity contribution < 1.29 is 4.74 Å². The normalized spacial score (nSPS) is 15.3. The summed E-state index contributed by atoms with van der Waals surface area (Å²) >= 11 is 3.84. The van der Waals surface area contributed by atoms with Crippen LogP contribution in [0.2, 0.25) is 0 Å². The number of hydrogen-bond acceptors (Lipinski definition) is 1. The molecule has 21 heavy (non-hydrogen) atoms. The standard InChI is InChI=1S/C19H21BrO/c1-2-21-18-11-9-15(10-12-18)19(20)17-8-7-14-5-3-4-6-16(14)13-17/h7-13,19H,2-6H2,1H3. The van der Waals surface area contributed by atoms with E-state index in [4.69, 9.17) is 4.74 Å². The molecule has 1 atom stereocenters. The second-order valence-electron chi connectivity index (χ2n) is 5.60. The van der Waals surface area contributed by atoms with Crippen LogP contribution in [0.5, 0.6) is 5.75 Å².